The second-order valence-corrected chi connectivity index (χ2v) is 3.53. The summed E-state index contributed by atoms with van der Waals surface area (Å²) in [4.78, 5) is 11.0. The molecule has 0 spiro atoms. The van der Waals surface area contributed by atoms with Crippen LogP contribution in [0.5, 0.6) is 0 Å². The maximum atomic E-state index is 11.0. The molecule has 3 nitrogen and oxygen atoms in total. The Kier molecular flexibility index (Phi) is 3.32. The van der Waals surface area contributed by atoms with Crippen LogP contribution in [-0.4, -0.2) is 24.2 Å². The lowest BCUT2D eigenvalue weighted by Crippen LogP contribution is -2.29. The average molecular weight is 181 g/mol. The lowest BCUT2D eigenvalue weighted by molar-refractivity contribution is -0.115. The van der Waals surface area contributed by atoms with Crippen molar-refractivity contribution >= 4 is 5.91 Å². The molecule has 1 saturated carbocycles. The van der Waals surface area contributed by atoms with Gasteiger partial charge < -0.3 is 10.4 Å². The van der Waals surface area contributed by atoms with Crippen molar-refractivity contribution < 1.29 is 9.90 Å². The van der Waals surface area contributed by atoms with E-state index in [-0.39, 0.29) is 17.9 Å². The third-order valence-corrected chi connectivity index (χ3v) is 2.46. The molecule has 0 aromatic heterocycles. The minimum Gasteiger partial charge on any atom is -0.396 e. The Bertz CT molecular complexity index is 245. The number of amides is 1. The number of nitrogens with one attached hydrogen (secondary N) is 1. The Morgan fingerprint density at radius 2 is 2.31 bits per heavy atom. The Morgan fingerprint density at radius 3 is 2.77 bits per heavy atom. The Hall–Kier alpha value is -1.01. The first-order valence-corrected chi connectivity index (χ1v) is 4.54. The summed E-state index contributed by atoms with van der Waals surface area (Å²) >= 11 is 0. The zero-order valence-corrected chi connectivity index (χ0v) is 7.89. The highest BCUT2D eigenvalue weighted by atomic mass is 16.3. The van der Waals surface area contributed by atoms with Gasteiger partial charge in [-0.15, -0.1) is 0 Å². The molecule has 0 aromatic carbocycles. The maximum absolute atomic E-state index is 11.0. The van der Waals surface area contributed by atoms with Crippen LogP contribution < -0.4 is 5.32 Å². The molecule has 2 N–H and O–H groups in total. The summed E-state index contributed by atoms with van der Waals surface area (Å²) in [5, 5.41) is 11.5. The van der Waals surface area contributed by atoms with E-state index in [9.17, 15) is 4.79 Å². The number of hydrogen-bond acceptors (Lipinski definition) is 2. The van der Waals surface area contributed by atoms with Gasteiger partial charge in [-0.1, -0.05) is 5.92 Å². The monoisotopic (exact) mass is 181 g/mol. The number of carbonyl (C=O) groups excluding carboxylic acids is 1. The summed E-state index contributed by atoms with van der Waals surface area (Å²) in [6.45, 7) is 2.50. The van der Waals surface area contributed by atoms with Gasteiger partial charge in [0.1, 0.15) is 0 Å². The Morgan fingerprint density at radius 1 is 1.62 bits per heavy atom. The fraction of sp³-hybridized carbons (Fsp3) is 0.700. The summed E-state index contributed by atoms with van der Waals surface area (Å²) in [5.41, 5.74) is 0.180. The van der Waals surface area contributed by atoms with E-state index in [2.05, 4.69) is 17.2 Å². The first-order chi connectivity index (χ1) is 6.22. The van der Waals surface area contributed by atoms with E-state index < -0.39 is 0 Å². The van der Waals surface area contributed by atoms with Crippen molar-refractivity contribution in [2.75, 3.05) is 13.2 Å². The van der Waals surface area contributed by atoms with Gasteiger partial charge in [0.2, 0.25) is 0 Å². The van der Waals surface area contributed by atoms with E-state index >= 15 is 0 Å². The van der Waals surface area contributed by atoms with Gasteiger partial charge in [-0.3, -0.25) is 4.79 Å². The van der Waals surface area contributed by atoms with Crippen LogP contribution >= 0.6 is 0 Å². The summed E-state index contributed by atoms with van der Waals surface area (Å²) in [5.74, 6) is 4.75. The molecule has 1 fully saturated rings. The van der Waals surface area contributed by atoms with Gasteiger partial charge in [-0.2, -0.15) is 0 Å². The van der Waals surface area contributed by atoms with Crippen molar-refractivity contribution in [2.45, 2.75) is 26.2 Å². The topological polar surface area (TPSA) is 49.3 Å². The van der Waals surface area contributed by atoms with Crippen LogP contribution in [0.25, 0.3) is 0 Å². The highest BCUT2D eigenvalue weighted by Crippen LogP contribution is 2.47. The molecule has 0 radical (unpaired) electrons. The molecular formula is C10H15NO2. The van der Waals surface area contributed by atoms with Crippen LogP contribution in [0.15, 0.2) is 0 Å². The van der Waals surface area contributed by atoms with Crippen LogP contribution in [0.1, 0.15) is 26.2 Å². The summed E-state index contributed by atoms with van der Waals surface area (Å²) in [6.07, 6.45) is 2.99. The average Bonchev–Trinajstić information content (AvgIpc) is 2.84. The second kappa shape index (κ2) is 4.29. The molecular weight excluding hydrogens is 166 g/mol. The van der Waals surface area contributed by atoms with Crippen LogP contribution in [0, 0.1) is 17.3 Å². The predicted octanol–water partition coefficient (Wildman–Crippen LogP) is 0.288. The molecule has 13 heavy (non-hydrogen) atoms. The molecule has 0 unspecified atom stereocenters. The lowest BCUT2D eigenvalue weighted by Gasteiger charge is -2.12. The highest BCUT2D eigenvalue weighted by molar-refractivity contribution is 5.93. The standard InChI is InChI=1S/C10H15NO2/c1-2-3-9(13)11-8-10(4-5-10)6-7-12/h12H,4-8H2,1H3,(H,11,13). The van der Waals surface area contributed by atoms with E-state index in [0.717, 1.165) is 19.3 Å². The maximum Gasteiger partial charge on any atom is 0.295 e. The Balaban J connectivity index is 2.24. The molecule has 1 aliphatic carbocycles. The van der Waals surface area contributed by atoms with Crippen molar-refractivity contribution in [3.63, 3.8) is 0 Å². The van der Waals surface area contributed by atoms with Gasteiger partial charge in [0, 0.05) is 13.2 Å². The van der Waals surface area contributed by atoms with Crippen LogP contribution in [0.2, 0.25) is 0 Å². The van der Waals surface area contributed by atoms with Gasteiger partial charge in [-0.05, 0) is 37.5 Å². The highest BCUT2D eigenvalue weighted by Gasteiger charge is 2.41. The Labute approximate surface area is 78.5 Å². The van der Waals surface area contributed by atoms with E-state index in [1.165, 1.54) is 0 Å². The zero-order chi connectivity index (χ0) is 9.73. The van der Waals surface area contributed by atoms with E-state index in [1.54, 1.807) is 6.92 Å². The predicted molar refractivity (Wildman–Crippen MR) is 49.8 cm³/mol. The smallest absolute Gasteiger partial charge is 0.295 e. The number of hydrogen-bond donors (Lipinski definition) is 2. The third-order valence-electron chi connectivity index (χ3n) is 2.46. The van der Waals surface area contributed by atoms with Gasteiger partial charge in [0.15, 0.2) is 0 Å². The summed E-state index contributed by atoms with van der Waals surface area (Å²) < 4.78 is 0. The van der Waals surface area contributed by atoms with Gasteiger partial charge in [0.05, 0.1) is 0 Å². The molecule has 0 atom stereocenters. The van der Waals surface area contributed by atoms with Crippen molar-refractivity contribution in [3.8, 4) is 11.8 Å². The molecule has 72 valence electrons. The van der Waals surface area contributed by atoms with Crippen molar-refractivity contribution in [3.05, 3.63) is 0 Å². The molecule has 1 aliphatic rings. The first-order valence-electron chi connectivity index (χ1n) is 4.54. The van der Waals surface area contributed by atoms with Gasteiger partial charge in [-0.25, -0.2) is 0 Å². The molecule has 0 bridgehead atoms. The molecule has 0 aliphatic heterocycles. The SMILES string of the molecule is CC#CC(=O)NCC1(CCO)CC1. The van der Waals surface area contributed by atoms with E-state index in [4.69, 9.17) is 5.11 Å². The minimum absolute atomic E-state index is 0.180. The minimum atomic E-state index is -0.216. The molecule has 0 heterocycles. The summed E-state index contributed by atoms with van der Waals surface area (Å²) in [6, 6.07) is 0. The number of rotatable bonds is 4. The molecule has 3 heteroatoms. The van der Waals surface area contributed by atoms with E-state index in [1.807, 2.05) is 0 Å². The van der Waals surface area contributed by atoms with Crippen molar-refractivity contribution in [1.29, 1.82) is 0 Å². The van der Waals surface area contributed by atoms with Gasteiger partial charge >= 0.3 is 0 Å². The summed E-state index contributed by atoms with van der Waals surface area (Å²) in [7, 11) is 0. The number of carbonyl (C=O) groups is 1. The molecule has 0 saturated heterocycles. The largest absolute Gasteiger partial charge is 0.396 e. The fourth-order valence-electron chi connectivity index (χ4n) is 1.35. The lowest BCUT2D eigenvalue weighted by atomic mass is 10.0. The third kappa shape index (κ3) is 3.08. The first kappa shape index (κ1) is 10.1. The number of aliphatic hydroxyl groups excluding tert-OH is 1. The molecule has 0 aromatic rings. The van der Waals surface area contributed by atoms with Crippen LogP contribution in [-0.2, 0) is 4.79 Å². The second-order valence-electron chi connectivity index (χ2n) is 3.53. The van der Waals surface area contributed by atoms with E-state index in [0.29, 0.717) is 6.54 Å². The molecule has 1 rings (SSSR count). The molecule has 1 amide bonds. The van der Waals surface area contributed by atoms with Gasteiger partial charge in [0.25, 0.3) is 5.91 Å². The van der Waals surface area contributed by atoms with Crippen molar-refractivity contribution in [2.24, 2.45) is 5.41 Å². The normalized spacial score (nSPS) is 17.1. The van der Waals surface area contributed by atoms with Crippen LogP contribution in [0.3, 0.4) is 0 Å². The van der Waals surface area contributed by atoms with Crippen molar-refractivity contribution in [1.82, 2.24) is 5.32 Å². The number of aliphatic hydroxyl groups is 1. The zero-order valence-electron chi connectivity index (χ0n) is 7.89. The fourth-order valence-corrected chi connectivity index (χ4v) is 1.35. The van der Waals surface area contributed by atoms with Crippen LogP contribution in [0.4, 0.5) is 0 Å². The quantitative estimate of drug-likeness (QED) is 0.612.